The number of amides is 1. The zero-order valence-electron chi connectivity index (χ0n) is 20.3. The minimum atomic E-state index is -0.509. The van der Waals surface area contributed by atoms with Crippen molar-refractivity contribution in [1.29, 1.82) is 0 Å². The molecule has 1 amide bonds. The Balaban J connectivity index is 1.97. The lowest BCUT2D eigenvalue weighted by atomic mass is 9.97. The van der Waals surface area contributed by atoms with Gasteiger partial charge in [-0.2, -0.15) is 11.3 Å². The Hall–Kier alpha value is -2.13. The van der Waals surface area contributed by atoms with E-state index in [4.69, 9.17) is 18.9 Å². The van der Waals surface area contributed by atoms with Gasteiger partial charge in [-0.1, -0.05) is 0 Å². The first-order valence-corrected chi connectivity index (χ1v) is 12.3. The molecule has 33 heavy (non-hydrogen) atoms. The van der Waals surface area contributed by atoms with Crippen LogP contribution in [0.5, 0.6) is 11.5 Å². The van der Waals surface area contributed by atoms with Gasteiger partial charge < -0.3 is 29.2 Å². The first kappa shape index (κ1) is 25.5. The molecule has 1 aliphatic carbocycles. The van der Waals surface area contributed by atoms with Crippen LogP contribution >= 0.6 is 11.3 Å². The zero-order chi connectivity index (χ0) is 23.8. The maximum Gasteiger partial charge on any atom is 0.253 e. The molecule has 1 saturated carbocycles. The van der Waals surface area contributed by atoms with Crippen molar-refractivity contribution in [3.05, 3.63) is 34.0 Å². The molecule has 1 aliphatic rings. The zero-order valence-corrected chi connectivity index (χ0v) is 21.1. The van der Waals surface area contributed by atoms with Crippen LogP contribution in [0.1, 0.15) is 30.4 Å². The van der Waals surface area contributed by atoms with E-state index in [1.807, 2.05) is 24.1 Å². The van der Waals surface area contributed by atoms with E-state index in [1.165, 1.54) is 5.56 Å². The molecular formula is C25H36N2O5S. The predicted octanol–water partition coefficient (Wildman–Crippen LogP) is 3.87. The summed E-state index contributed by atoms with van der Waals surface area (Å²) in [6.45, 7) is 4.24. The number of hydrogen-bond donors (Lipinski definition) is 1. The van der Waals surface area contributed by atoms with Crippen molar-refractivity contribution in [2.75, 3.05) is 48.1 Å². The molecule has 0 radical (unpaired) electrons. The van der Waals surface area contributed by atoms with Crippen LogP contribution in [0.4, 0.5) is 0 Å². The molecule has 7 nitrogen and oxygen atoms in total. The summed E-state index contributed by atoms with van der Waals surface area (Å²) in [5, 5.41) is 7.34. The molecule has 8 heteroatoms. The minimum absolute atomic E-state index is 0.0146. The van der Waals surface area contributed by atoms with Gasteiger partial charge >= 0.3 is 0 Å². The summed E-state index contributed by atoms with van der Waals surface area (Å²) in [4.78, 5) is 15.3. The normalized spacial score (nSPS) is 14.2. The number of hydrogen-bond acceptors (Lipinski definition) is 7. The number of aryl methyl sites for hydroxylation is 1. The van der Waals surface area contributed by atoms with Crippen molar-refractivity contribution in [2.45, 2.75) is 44.9 Å². The summed E-state index contributed by atoms with van der Waals surface area (Å²) in [6, 6.07) is 4.31. The Labute approximate surface area is 201 Å². The highest BCUT2D eigenvalue weighted by molar-refractivity contribution is 7.08. The van der Waals surface area contributed by atoms with Crippen LogP contribution < -0.4 is 14.8 Å². The van der Waals surface area contributed by atoms with Crippen LogP contribution in [0.2, 0.25) is 0 Å². The topological polar surface area (TPSA) is 69.3 Å². The summed E-state index contributed by atoms with van der Waals surface area (Å²) >= 11 is 1.67. The number of carbonyl (C=O) groups is 1. The number of nitrogens with one attached hydrogen (secondary N) is 1. The van der Waals surface area contributed by atoms with Gasteiger partial charge in [0.25, 0.3) is 5.91 Å². The lowest BCUT2D eigenvalue weighted by Crippen LogP contribution is -2.45. The number of methoxy groups -OCH3 is 3. The second-order valence-corrected chi connectivity index (χ2v) is 9.05. The first-order valence-electron chi connectivity index (χ1n) is 11.4. The van der Waals surface area contributed by atoms with Gasteiger partial charge in [0.2, 0.25) is 0 Å². The highest BCUT2D eigenvalue weighted by Gasteiger charge is 2.36. The first-order chi connectivity index (χ1) is 16.0. The Morgan fingerprint density at radius 2 is 1.94 bits per heavy atom. The summed E-state index contributed by atoms with van der Waals surface area (Å²) in [5.74, 6) is 1.38. The molecule has 0 saturated heterocycles. The van der Waals surface area contributed by atoms with Gasteiger partial charge in [0, 0.05) is 46.4 Å². The summed E-state index contributed by atoms with van der Waals surface area (Å²) < 4.78 is 22.4. The standard InChI is InChI=1S/C25H36N2O5S/c1-17-15-33-16-21(17)20-12-22(30-4)23(32-10-6-9-29-3)11-18(20)14-27(19-7-8-19)25(28)24(31-5)13-26-2/h11-12,15-16,19,24,26H,6-10,13-14H2,1-5H3. The Bertz CT molecular complexity index is 912. The molecule has 1 N–H and O–H groups in total. The lowest BCUT2D eigenvalue weighted by molar-refractivity contribution is -0.143. The van der Waals surface area contributed by atoms with Crippen LogP contribution in [-0.2, 0) is 20.8 Å². The quantitative estimate of drug-likeness (QED) is 0.418. The minimum Gasteiger partial charge on any atom is -0.493 e. The maximum atomic E-state index is 13.4. The number of rotatable bonds is 14. The monoisotopic (exact) mass is 476 g/mol. The third-order valence-corrected chi connectivity index (χ3v) is 6.71. The smallest absolute Gasteiger partial charge is 0.253 e. The molecule has 0 aliphatic heterocycles. The Morgan fingerprint density at radius 1 is 1.15 bits per heavy atom. The Kier molecular flexibility index (Phi) is 9.55. The van der Waals surface area contributed by atoms with Crippen LogP contribution in [-0.4, -0.2) is 71.1 Å². The van der Waals surface area contributed by atoms with Gasteiger partial charge in [-0.25, -0.2) is 0 Å². The van der Waals surface area contributed by atoms with E-state index in [2.05, 4.69) is 23.0 Å². The number of thiophene rings is 1. The van der Waals surface area contributed by atoms with Crippen molar-refractivity contribution >= 4 is 17.2 Å². The molecule has 1 atom stereocenters. The molecule has 182 valence electrons. The van der Waals surface area contributed by atoms with Crippen molar-refractivity contribution in [3.8, 4) is 22.6 Å². The Morgan fingerprint density at radius 3 is 2.52 bits per heavy atom. The maximum absolute atomic E-state index is 13.4. The highest BCUT2D eigenvalue weighted by Crippen LogP contribution is 2.40. The fourth-order valence-corrected chi connectivity index (χ4v) is 4.72. The number of nitrogens with zero attached hydrogens (tertiary/aromatic N) is 1. The van der Waals surface area contributed by atoms with Crippen LogP contribution in [0.3, 0.4) is 0 Å². The van der Waals surface area contributed by atoms with Gasteiger partial charge in [0.05, 0.1) is 13.7 Å². The molecular weight excluding hydrogens is 440 g/mol. The van der Waals surface area contributed by atoms with Gasteiger partial charge in [0.15, 0.2) is 11.5 Å². The molecule has 2 aromatic rings. The number of benzene rings is 1. The van der Waals surface area contributed by atoms with E-state index in [0.29, 0.717) is 37.8 Å². The van der Waals surface area contributed by atoms with E-state index < -0.39 is 6.10 Å². The molecule has 1 heterocycles. The van der Waals surface area contributed by atoms with Crippen LogP contribution in [0.15, 0.2) is 22.9 Å². The van der Waals surface area contributed by atoms with Crippen molar-refractivity contribution in [1.82, 2.24) is 10.2 Å². The number of ether oxygens (including phenoxy) is 4. The van der Waals surface area contributed by atoms with Crippen molar-refractivity contribution < 1.29 is 23.7 Å². The second kappa shape index (κ2) is 12.4. The van der Waals surface area contributed by atoms with E-state index in [1.54, 1.807) is 32.7 Å². The number of likely N-dealkylation sites (N-methyl/N-ethyl adjacent to an activating group) is 1. The van der Waals surface area contributed by atoms with E-state index in [9.17, 15) is 4.79 Å². The van der Waals surface area contributed by atoms with E-state index >= 15 is 0 Å². The van der Waals surface area contributed by atoms with Gasteiger partial charge in [0.1, 0.15) is 6.10 Å². The largest absolute Gasteiger partial charge is 0.493 e. The molecule has 1 aromatic carbocycles. The van der Waals surface area contributed by atoms with Crippen molar-refractivity contribution in [2.24, 2.45) is 0 Å². The molecule has 1 aromatic heterocycles. The van der Waals surface area contributed by atoms with Gasteiger partial charge in [-0.15, -0.1) is 0 Å². The van der Waals surface area contributed by atoms with Crippen LogP contribution in [0, 0.1) is 6.92 Å². The van der Waals surface area contributed by atoms with Gasteiger partial charge in [-0.3, -0.25) is 4.79 Å². The average molecular weight is 477 g/mol. The third kappa shape index (κ3) is 6.47. The van der Waals surface area contributed by atoms with Crippen LogP contribution in [0.25, 0.3) is 11.1 Å². The average Bonchev–Trinajstić information content (AvgIpc) is 3.58. The third-order valence-electron chi connectivity index (χ3n) is 5.85. The molecule has 0 spiro atoms. The fraction of sp³-hybridized carbons (Fsp3) is 0.560. The SMILES string of the molecule is CNCC(OC)C(=O)N(Cc1cc(OCCCOC)c(OC)cc1-c1cscc1C)C1CC1. The molecule has 0 bridgehead atoms. The summed E-state index contributed by atoms with van der Waals surface area (Å²) in [5.41, 5.74) is 4.46. The second-order valence-electron chi connectivity index (χ2n) is 8.30. The van der Waals surface area contributed by atoms with Gasteiger partial charge in [-0.05, 0) is 72.0 Å². The molecule has 1 unspecified atom stereocenters. The van der Waals surface area contributed by atoms with E-state index in [-0.39, 0.29) is 11.9 Å². The molecule has 3 rings (SSSR count). The predicted molar refractivity (Wildman–Crippen MR) is 131 cm³/mol. The van der Waals surface area contributed by atoms with E-state index in [0.717, 1.165) is 36.0 Å². The molecule has 1 fully saturated rings. The fourth-order valence-electron chi connectivity index (χ4n) is 3.88. The summed E-state index contributed by atoms with van der Waals surface area (Å²) in [6.07, 6.45) is 2.31. The highest BCUT2D eigenvalue weighted by atomic mass is 32.1. The summed E-state index contributed by atoms with van der Waals surface area (Å²) in [7, 11) is 6.75. The lowest BCUT2D eigenvalue weighted by Gasteiger charge is -2.28. The number of carbonyl (C=O) groups excluding carboxylic acids is 1. The van der Waals surface area contributed by atoms with Crippen molar-refractivity contribution in [3.63, 3.8) is 0 Å².